The number of nitrogens with two attached hydrogens (primary N) is 2. The molecule has 5 heterocycles. The van der Waals surface area contributed by atoms with Crippen LogP contribution in [0.25, 0.3) is 5.65 Å². The largest absolute Gasteiger partial charge is 0.477 e. The summed E-state index contributed by atoms with van der Waals surface area (Å²) in [5.74, 6) is 2.34. The second kappa shape index (κ2) is 13.0. The molecule has 45 heavy (non-hydrogen) atoms. The summed E-state index contributed by atoms with van der Waals surface area (Å²) in [6.07, 6.45) is 1.61. The van der Waals surface area contributed by atoms with Gasteiger partial charge < -0.3 is 25.7 Å². The SMILES string of the molecule is COCc1cc(SCC2=C(C(=O)O)N3C(=O)C(NC(=O)/C(=N/OC(C)(C)C(=O)NN)c4csc(N)n4)C3SC2)n2nccc2n1. The average Bonchev–Trinajstić information content (AvgIpc) is 3.66. The lowest BCUT2D eigenvalue weighted by Gasteiger charge is -2.49. The Morgan fingerprint density at radius 3 is 2.76 bits per heavy atom. The number of aromatic nitrogens is 4. The number of methoxy groups -OCH3 is 1. The number of carboxylic acids is 1. The molecule has 20 heteroatoms. The van der Waals surface area contributed by atoms with Crippen LogP contribution in [-0.2, 0) is 35.4 Å². The second-order valence-electron chi connectivity index (χ2n) is 10.1. The number of fused-ring (bicyclic) bond motifs is 2. The molecular weight excluding hydrogens is 649 g/mol. The molecule has 17 nitrogen and oxygen atoms in total. The topological polar surface area (TPSA) is 242 Å². The van der Waals surface area contributed by atoms with Gasteiger partial charge in [-0.2, -0.15) is 5.10 Å². The van der Waals surface area contributed by atoms with E-state index in [4.69, 9.17) is 21.2 Å². The van der Waals surface area contributed by atoms with Crippen LogP contribution in [0.1, 0.15) is 25.2 Å². The monoisotopic (exact) mass is 676 g/mol. The van der Waals surface area contributed by atoms with Crippen molar-refractivity contribution in [3.8, 4) is 0 Å². The number of nitrogens with one attached hydrogen (secondary N) is 2. The molecule has 2 atom stereocenters. The van der Waals surface area contributed by atoms with Crippen LogP contribution in [0.4, 0.5) is 5.13 Å². The van der Waals surface area contributed by atoms with Crippen molar-refractivity contribution in [2.45, 2.75) is 42.5 Å². The van der Waals surface area contributed by atoms with Gasteiger partial charge in [-0.3, -0.25) is 24.7 Å². The first kappa shape index (κ1) is 32.2. The third-order valence-electron chi connectivity index (χ3n) is 6.63. The van der Waals surface area contributed by atoms with Crippen LogP contribution < -0.4 is 22.3 Å². The van der Waals surface area contributed by atoms with Gasteiger partial charge in [0, 0.05) is 30.1 Å². The molecule has 0 radical (unpaired) electrons. The highest BCUT2D eigenvalue weighted by Gasteiger charge is 2.54. The number of thioether (sulfide) groups is 2. The molecule has 1 fully saturated rings. The summed E-state index contributed by atoms with van der Waals surface area (Å²) in [6.45, 7) is 3.06. The number of anilines is 1. The minimum atomic E-state index is -1.55. The fourth-order valence-electron chi connectivity index (χ4n) is 4.40. The number of carboxylic acid groups (broad SMARTS) is 1. The molecule has 3 aromatic rings. The van der Waals surface area contributed by atoms with Crippen LogP contribution in [0.5, 0.6) is 0 Å². The van der Waals surface area contributed by atoms with Gasteiger partial charge >= 0.3 is 5.97 Å². The zero-order valence-corrected chi connectivity index (χ0v) is 26.5. The average molecular weight is 677 g/mol. The molecule has 0 bridgehead atoms. The summed E-state index contributed by atoms with van der Waals surface area (Å²) < 4.78 is 6.85. The molecule has 1 saturated heterocycles. The van der Waals surface area contributed by atoms with Crippen LogP contribution in [0, 0.1) is 0 Å². The van der Waals surface area contributed by atoms with E-state index in [0.717, 1.165) is 16.4 Å². The van der Waals surface area contributed by atoms with Gasteiger partial charge in [0.25, 0.3) is 17.7 Å². The Labute approximate surface area is 267 Å². The van der Waals surface area contributed by atoms with Gasteiger partial charge in [-0.15, -0.1) is 34.9 Å². The molecule has 0 aliphatic carbocycles. The number of ether oxygens (including phenoxy) is 1. The zero-order chi connectivity index (χ0) is 32.5. The molecule has 3 amide bonds. The number of hydrazine groups is 1. The molecule has 5 rings (SSSR count). The Kier molecular flexibility index (Phi) is 9.30. The first-order valence-electron chi connectivity index (χ1n) is 13.1. The molecule has 2 aliphatic rings. The van der Waals surface area contributed by atoms with Crippen molar-refractivity contribution in [3.63, 3.8) is 0 Å². The van der Waals surface area contributed by atoms with E-state index in [-0.39, 0.29) is 28.0 Å². The summed E-state index contributed by atoms with van der Waals surface area (Å²) in [4.78, 5) is 66.2. The van der Waals surface area contributed by atoms with Crippen LogP contribution in [0.3, 0.4) is 0 Å². The number of β-lactam (4-membered cyclic amide) rings is 1. The highest BCUT2D eigenvalue weighted by atomic mass is 32.2. The Balaban J connectivity index is 1.34. The lowest BCUT2D eigenvalue weighted by Crippen LogP contribution is -2.71. The number of carbonyl (C=O) groups excluding carboxylic acids is 3. The number of amides is 3. The van der Waals surface area contributed by atoms with Gasteiger partial charge in [0.1, 0.15) is 27.8 Å². The van der Waals surface area contributed by atoms with Gasteiger partial charge in [-0.05, 0) is 25.5 Å². The van der Waals surface area contributed by atoms with E-state index in [2.05, 4.69) is 25.5 Å². The van der Waals surface area contributed by atoms with E-state index in [1.165, 1.54) is 47.7 Å². The summed E-state index contributed by atoms with van der Waals surface area (Å²) in [5, 5.41) is 22.5. The highest BCUT2D eigenvalue weighted by molar-refractivity contribution is 8.01. The number of nitrogens with zero attached hydrogens (tertiary/aromatic N) is 6. The summed E-state index contributed by atoms with van der Waals surface area (Å²) in [5.41, 5.74) is 7.56. The Morgan fingerprint density at radius 1 is 1.31 bits per heavy atom. The maximum atomic E-state index is 13.4. The van der Waals surface area contributed by atoms with E-state index in [9.17, 15) is 24.3 Å². The van der Waals surface area contributed by atoms with Crippen molar-refractivity contribution >= 4 is 75.0 Å². The van der Waals surface area contributed by atoms with Gasteiger partial charge in [0.15, 0.2) is 16.5 Å². The molecule has 0 aromatic carbocycles. The third kappa shape index (κ3) is 6.45. The molecule has 2 aliphatic heterocycles. The number of hydrogen-bond donors (Lipinski definition) is 5. The van der Waals surface area contributed by atoms with E-state index in [0.29, 0.717) is 29.3 Å². The Bertz CT molecular complexity index is 1740. The summed E-state index contributed by atoms with van der Waals surface area (Å²) in [7, 11) is 1.56. The number of oxime groups is 1. The maximum absolute atomic E-state index is 13.4. The fraction of sp³-hybridized carbons (Fsp3) is 0.360. The molecular formula is C25H28N10O7S3. The quantitative estimate of drug-likeness (QED) is 0.0321. The van der Waals surface area contributed by atoms with Crippen molar-refractivity contribution < 1.29 is 33.9 Å². The molecule has 2 unspecified atom stereocenters. The standard InChI is InChI=1S/C25H28N10O7S3/c1-25(2,23(40)32-27)42-33-16(13-10-45-24(26)30-13)19(36)31-17-20(37)34-18(22(38)39)11(9-44-21(17)34)8-43-15-6-12(7-41-3)29-14-4-5-28-35(14)15/h4-6,10,17,21H,7-9,27H2,1-3H3,(H2,26,30)(H,31,36)(H,32,40)(H,38,39)/b33-16+. The smallest absolute Gasteiger partial charge is 0.352 e. The highest BCUT2D eigenvalue weighted by Crippen LogP contribution is 2.41. The third-order valence-corrected chi connectivity index (χ3v) is 9.72. The van der Waals surface area contributed by atoms with Crippen LogP contribution in [0.15, 0.2) is 45.2 Å². The van der Waals surface area contributed by atoms with E-state index in [1.54, 1.807) is 23.9 Å². The van der Waals surface area contributed by atoms with Crippen molar-refractivity contribution in [3.05, 3.63) is 46.4 Å². The summed E-state index contributed by atoms with van der Waals surface area (Å²) >= 11 is 3.72. The minimum Gasteiger partial charge on any atom is -0.477 e. The van der Waals surface area contributed by atoms with Gasteiger partial charge in [0.2, 0.25) is 5.60 Å². The van der Waals surface area contributed by atoms with Gasteiger partial charge in [-0.25, -0.2) is 25.1 Å². The molecule has 0 spiro atoms. The number of carbonyl (C=O) groups is 4. The van der Waals surface area contributed by atoms with Crippen molar-refractivity contribution in [1.29, 1.82) is 0 Å². The zero-order valence-electron chi connectivity index (χ0n) is 24.0. The molecule has 7 N–H and O–H groups in total. The minimum absolute atomic E-state index is 0.0559. The normalized spacial score (nSPS) is 18.4. The fourth-order valence-corrected chi connectivity index (χ4v) is 7.47. The molecule has 238 valence electrons. The first-order chi connectivity index (χ1) is 21.4. The van der Waals surface area contributed by atoms with E-state index in [1.807, 2.05) is 11.5 Å². The molecule has 3 aromatic heterocycles. The predicted molar refractivity (Wildman–Crippen MR) is 165 cm³/mol. The van der Waals surface area contributed by atoms with Crippen molar-refractivity contribution in [2.75, 3.05) is 24.3 Å². The lowest BCUT2D eigenvalue weighted by atomic mass is 10.0. The number of rotatable bonds is 12. The Morgan fingerprint density at radius 2 is 2.09 bits per heavy atom. The molecule has 0 saturated carbocycles. The number of nitrogen functional groups attached to an aromatic ring is 1. The maximum Gasteiger partial charge on any atom is 0.352 e. The van der Waals surface area contributed by atoms with E-state index >= 15 is 0 Å². The van der Waals surface area contributed by atoms with Gasteiger partial charge in [0.05, 0.1) is 18.5 Å². The van der Waals surface area contributed by atoms with Crippen LogP contribution in [0.2, 0.25) is 0 Å². The van der Waals surface area contributed by atoms with Crippen LogP contribution >= 0.6 is 34.9 Å². The van der Waals surface area contributed by atoms with Crippen molar-refractivity contribution in [1.82, 2.24) is 35.2 Å². The second-order valence-corrected chi connectivity index (χ2v) is 13.1. The van der Waals surface area contributed by atoms with Crippen LogP contribution in [-0.4, -0.2) is 94.6 Å². The summed E-state index contributed by atoms with van der Waals surface area (Å²) in [6, 6.07) is 2.51. The number of hydrogen-bond acceptors (Lipinski definition) is 15. The van der Waals surface area contributed by atoms with Crippen molar-refractivity contribution in [2.24, 2.45) is 11.0 Å². The first-order valence-corrected chi connectivity index (χ1v) is 16.0. The number of aliphatic carboxylic acids is 1. The Hall–Kier alpha value is -4.24. The van der Waals surface area contributed by atoms with Gasteiger partial charge in [-0.1, -0.05) is 5.16 Å². The number of thiazole rings is 1. The predicted octanol–water partition coefficient (Wildman–Crippen LogP) is -0.0655. The lowest BCUT2D eigenvalue weighted by molar-refractivity contribution is -0.150. The van der Waals surface area contributed by atoms with E-state index < -0.39 is 40.7 Å².